The van der Waals surface area contributed by atoms with Crippen LogP contribution >= 0.6 is 22.6 Å². The van der Waals surface area contributed by atoms with Gasteiger partial charge in [-0.3, -0.25) is 42.8 Å². The number of nitrogens with one attached hydrogen (secondary N) is 3. The number of halogens is 1. The van der Waals surface area contributed by atoms with Crippen molar-refractivity contribution in [3.05, 3.63) is 232 Å². The molecule has 0 unspecified atom stereocenters. The van der Waals surface area contributed by atoms with E-state index in [0.29, 0.717) is 52.0 Å². The number of aromatic nitrogens is 9. The third kappa shape index (κ3) is 14.3. The summed E-state index contributed by atoms with van der Waals surface area (Å²) >= 11 is 2.36. The Morgan fingerprint density at radius 3 is 1.26 bits per heavy atom. The highest BCUT2D eigenvalue weighted by Crippen LogP contribution is 2.50. The normalized spacial score (nSPS) is 15.3. The monoisotopic (exact) mass is 1620 g/mol. The van der Waals surface area contributed by atoms with Crippen LogP contribution < -0.4 is 5.46 Å². The number of ether oxygens (including phenoxy) is 1. The number of likely N-dealkylation sites (N-methyl/N-ethyl adjacent to an activating group) is 1. The fourth-order valence-corrected chi connectivity index (χ4v) is 16.5. The van der Waals surface area contributed by atoms with Crippen LogP contribution in [0, 0.1) is 37.6 Å². The number of carbonyl (C=O) groups excluding carboxylic acids is 5. The van der Waals surface area contributed by atoms with Crippen molar-refractivity contribution in [2.24, 2.45) is 0 Å². The average molecular weight is 1620 g/mol. The van der Waals surface area contributed by atoms with Crippen molar-refractivity contribution in [1.82, 2.24) is 49.2 Å². The maximum Gasteiger partial charge on any atom is 0.498 e. The second kappa shape index (κ2) is 30.0. The summed E-state index contributed by atoms with van der Waals surface area (Å²) in [7, 11) is 2.99. The van der Waals surface area contributed by atoms with E-state index in [-0.39, 0.29) is 65.5 Å². The Bertz CT molecular complexity index is 6070. The van der Waals surface area contributed by atoms with Gasteiger partial charge in [0.25, 0.3) is 0 Å². The standard InChI is InChI=1S/C28H27N5O2.C26H22N4O3.C21H17IN2O.C13H21BN2O4/c1-6-17-10-21-22(11-20(17)18-13-30-33(14-18)15-24(34)32(4)5)28(2,3)27-25(26(21)35)19-8-7-16(12-29)9-23(19)31-27;1-4-15-8-19-20(9-18(15)16-11-28-30(12-16)13-22(31)32)26(2,3)25-23(24(19)33)17-6-5-14(10-27)7-21(17)29-25;1-4-12-8-14-15(9-16(12)22)21(2,3)20-18(19(14)25)13-6-5-11(10-23)7-17(13)24-20;1-6-18-11(17)9-16-8-10(7-15-16)14-19-12(2,3)13(4,5)20-14/h7-11,13-14,31H,6,15H2,1-5H3;5-9,11-12,29H,4,13H2,1-3H3,(H,31,32);5-9,24H,4H2,1-3H3;7-8H,6,9H2,1-5H3. The molecule has 0 saturated carbocycles. The Hall–Kier alpha value is -11.8. The van der Waals surface area contributed by atoms with Gasteiger partial charge in [-0.05, 0) is 194 Å². The van der Waals surface area contributed by atoms with Crippen molar-refractivity contribution >= 4 is 103 Å². The SMILES string of the molecule is CCOC(=O)Cn1cc(B2OC(C)(C)C(C)(C)O2)cn1.CCc1cc2c(cc1-c1cnn(CC(=O)N(C)C)c1)C(C)(C)c1[nH]c3cc(C#N)ccc3c1C2=O.CCc1cc2c(cc1-c1cnn(CC(=O)O)c1)C(C)(C)c1[nH]c3cc(C#N)ccc3c1C2=O.CCc1cc2c(cc1I)C(C)(C)c1[nH]c3cc(C#N)ccc3c1C2=O. The summed E-state index contributed by atoms with van der Waals surface area (Å²) in [6.45, 7) is 29.1. The molecule has 0 atom stereocenters. The molecule has 1 fully saturated rings. The molecule has 1 saturated heterocycles. The van der Waals surface area contributed by atoms with Gasteiger partial charge in [0.05, 0.1) is 81.8 Å². The summed E-state index contributed by atoms with van der Waals surface area (Å²) in [5.74, 6) is -1.25. The summed E-state index contributed by atoms with van der Waals surface area (Å²) in [6.07, 6.45) is 12.8. The number of esters is 1. The number of carbonyl (C=O) groups is 6. The zero-order chi connectivity index (χ0) is 81.5. The highest BCUT2D eigenvalue weighted by Gasteiger charge is 2.52. The lowest BCUT2D eigenvalue weighted by Gasteiger charge is -2.33. The van der Waals surface area contributed by atoms with Gasteiger partial charge >= 0.3 is 19.1 Å². The molecular formula is C88H87BIN13O10. The van der Waals surface area contributed by atoms with Gasteiger partial charge in [-0.2, -0.15) is 31.1 Å². The number of hydrogen-bond donors (Lipinski definition) is 4. The van der Waals surface area contributed by atoms with Gasteiger partial charge in [-0.25, -0.2) is 0 Å². The average Bonchev–Trinajstić information content (AvgIpc) is 1.67. The summed E-state index contributed by atoms with van der Waals surface area (Å²) < 4.78 is 22.5. The van der Waals surface area contributed by atoms with Gasteiger partial charge in [0.2, 0.25) is 5.91 Å². The van der Waals surface area contributed by atoms with E-state index in [2.05, 4.69) is 145 Å². The predicted octanol–water partition coefficient (Wildman–Crippen LogP) is 14.7. The number of rotatable bonds is 13. The molecule has 7 heterocycles. The molecule has 113 heavy (non-hydrogen) atoms. The number of hydrogen-bond acceptors (Lipinski definition) is 15. The first-order valence-corrected chi connectivity index (χ1v) is 38.6. The molecule has 16 rings (SSSR count). The van der Waals surface area contributed by atoms with E-state index in [1.807, 2.05) is 83.3 Å². The molecule has 1 amide bonds. The van der Waals surface area contributed by atoms with Crippen LogP contribution in [0.5, 0.6) is 0 Å². The van der Waals surface area contributed by atoms with Gasteiger partial charge in [0, 0.05) is 142 Å². The lowest BCUT2D eigenvalue weighted by atomic mass is 9.70. The van der Waals surface area contributed by atoms with Gasteiger partial charge in [-0.1, -0.05) is 80.5 Å². The number of H-pyrrole nitrogens is 3. The van der Waals surface area contributed by atoms with Gasteiger partial charge < -0.3 is 39.0 Å². The molecule has 0 spiro atoms. The first kappa shape index (κ1) is 79.3. The second-order valence-electron chi connectivity index (χ2n) is 31.7. The molecule has 4 N–H and O–H groups in total. The van der Waals surface area contributed by atoms with E-state index in [4.69, 9.17) is 24.4 Å². The third-order valence-corrected chi connectivity index (χ3v) is 23.7. The Morgan fingerprint density at radius 2 is 0.885 bits per heavy atom. The molecule has 4 aliphatic rings. The van der Waals surface area contributed by atoms with Crippen LogP contribution in [0.15, 0.2) is 128 Å². The van der Waals surface area contributed by atoms with E-state index in [9.17, 15) is 39.3 Å². The quantitative estimate of drug-likeness (QED) is 0.0473. The highest BCUT2D eigenvalue weighted by atomic mass is 127. The Balaban J connectivity index is 0.000000135. The minimum atomic E-state index is -0.955. The molecule has 6 aromatic carbocycles. The fourth-order valence-electron chi connectivity index (χ4n) is 15.6. The molecule has 25 heteroatoms. The van der Waals surface area contributed by atoms with Crippen LogP contribution in [-0.4, -0.2) is 129 Å². The van der Waals surface area contributed by atoms with Crippen LogP contribution in [0.2, 0.25) is 0 Å². The molecule has 574 valence electrons. The first-order chi connectivity index (χ1) is 53.5. The van der Waals surface area contributed by atoms with E-state index in [1.165, 1.54) is 18.5 Å². The molecule has 0 radical (unpaired) electrons. The van der Waals surface area contributed by atoms with Crippen LogP contribution in [0.4, 0.5) is 0 Å². The number of benzene rings is 6. The Morgan fingerprint density at radius 1 is 0.513 bits per heavy atom. The third-order valence-electron chi connectivity index (χ3n) is 22.7. The summed E-state index contributed by atoms with van der Waals surface area (Å²) in [5, 5.41) is 52.1. The van der Waals surface area contributed by atoms with Crippen LogP contribution in [0.3, 0.4) is 0 Å². The summed E-state index contributed by atoms with van der Waals surface area (Å²) in [4.78, 5) is 87.2. The number of carboxylic acid groups (broad SMARTS) is 1. The number of nitriles is 3. The smallest absolute Gasteiger partial charge is 0.480 e. The Kier molecular flexibility index (Phi) is 21.1. The molecular weight excluding hydrogens is 1540 g/mol. The molecule has 23 nitrogen and oxygen atoms in total. The topological polar surface area (TPSA) is 326 Å². The minimum Gasteiger partial charge on any atom is -0.480 e. The zero-order valence-electron chi connectivity index (χ0n) is 66.1. The van der Waals surface area contributed by atoms with Gasteiger partial charge in [-0.15, -0.1) is 0 Å². The molecule has 0 bridgehead atoms. The fraction of sp³-hybridized carbons (Fsp3) is 0.318. The number of nitrogens with zero attached hydrogens (tertiary/aromatic N) is 10. The van der Waals surface area contributed by atoms with Gasteiger partial charge in [0.1, 0.15) is 19.6 Å². The summed E-state index contributed by atoms with van der Waals surface area (Å²) in [5.41, 5.74) is 19.7. The van der Waals surface area contributed by atoms with E-state index < -0.39 is 23.9 Å². The van der Waals surface area contributed by atoms with Crippen molar-refractivity contribution in [1.29, 1.82) is 15.8 Å². The number of carboxylic acids is 1. The lowest BCUT2D eigenvalue weighted by molar-refractivity contribution is -0.144. The van der Waals surface area contributed by atoms with E-state index in [0.717, 1.165) is 129 Å². The van der Waals surface area contributed by atoms with Crippen molar-refractivity contribution in [2.45, 2.75) is 163 Å². The zero-order valence-corrected chi connectivity index (χ0v) is 68.3. The number of aryl methyl sites for hydroxylation is 3. The second-order valence-corrected chi connectivity index (χ2v) is 32.8. The van der Waals surface area contributed by atoms with Crippen LogP contribution in [-0.2, 0) is 83.6 Å². The van der Waals surface area contributed by atoms with Crippen molar-refractivity contribution < 1.29 is 47.9 Å². The van der Waals surface area contributed by atoms with Crippen LogP contribution in [0.1, 0.15) is 212 Å². The number of fused-ring (bicyclic) bond motifs is 12. The molecule has 12 aromatic rings. The predicted molar refractivity (Wildman–Crippen MR) is 439 cm³/mol. The Labute approximate surface area is 668 Å². The van der Waals surface area contributed by atoms with Crippen molar-refractivity contribution in [2.75, 3.05) is 20.7 Å². The van der Waals surface area contributed by atoms with E-state index >= 15 is 0 Å². The maximum atomic E-state index is 13.8. The lowest BCUT2D eigenvalue weighted by Crippen LogP contribution is -2.41. The number of amides is 1. The van der Waals surface area contributed by atoms with Gasteiger partial charge in [0.15, 0.2) is 17.3 Å². The molecule has 3 aliphatic carbocycles. The maximum absolute atomic E-state index is 13.8. The van der Waals surface area contributed by atoms with Crippen molar-refractivity contribution in [3.8, 4) is 40.5 Å². The van der Waals surface area contributed by atoms with Crippen LogP contribution in [0.25, 0.3) is 55.0 Å². The molecule has 1 aliphatic heterocycles. The summed E-state index contributed by atoms with van der Waals surface area (Å²) in [6, 6.07) is 35.1. The van der Waals surface area contributed by atoms with Crippen molar-refractivity contribution in [3.63, 3.8) is 0 Å². The number of aliphatic carboxylic acids is 1. The van der Waals surface area contributed by atoms with E-state index in [1.54, 1.807) is 91.9 Å². The number of ketones is 3. The minimum absolute atomic E-state index is 0.00110. The molecule has 6 aromatic heterocycles. The largest absolute Gasteiger partial charge is 0.498 e. The highest BCUT2D eigenvalue weighted by molar-refractivity contribution is 14.1. The first-order valence-electron chi connectivity index (χ1n) is 37.5. The number of aromatic amines is 3.